The third-order valence-corrected chi connectivity index (χ3v) is 8.59. The summed E-state index contributed by atoms with van der Waals surface area (Å²) in [6.45, 7) is 4.70. The monoisotopic (exact) mass is 593 g/mol. The highest BCUT2D eigenvalue weighted by Crippen LogP contribution is 2.42. The first kappa shape index (κ1) is 28.7. The largest absolute Gasteiger partial charge is 0.461 e. The van der Waals surface area contributed by atoms with Crippen molar-refractivity contribution in [1.82, 2.24) is 24.8 Å². The molecule has 226 valence electrons. The Bertz CT molecular complexity index is 1530. The number of aryl methyl sites for hydroxylation is 1. The van der Waals surface area contributed by atoms with Crippen molar-refractivity contribution in [2.24, 2.45) is 0 Å². The Morgan fingerprint density at radius 1 is 1.14 bits per heavy atom. The SMILES string of the molecule is Cc1cc(N)nc(-c2ncc3c(N4CCCC(C)(O)C4)nc(OC[C@@]45CCCN4C[C@H](F)C5)nc3c2F)c1C(F)(F)F. The van der Waals surface area contributed by atoms with Crippen LogP contribution in [0.3, 0.4) is 0 Å². The third kappa shape index (κ3) is 5.08. The Morgan fingerprint density at radius 2 is 1.90 bits per heavy atom. The van der Waals surface area contributed by atoms with Crippen LogP contribution in [-0.4, -0.2) is 80.0 Å². The molecule has 0 aliphatic carbocycles. The van der Waals surface area contributed by atoms with E-state index >= 15 is 4.39 Å². The lowest BCUT2D eigenvalue weighted by Gasteiger charge is -2.38. The van der Waals surface area contributed by atoms with Gasteiger partial charge in [-0.05, 0) is 57.7 Å². The molecule has 1 unspecified atom stereocenters. The lowest BCUT2D eigenvalue weighted by molar-refractivity contribution is -0.137. The number of β-amino-alcohol motifs (C(OH)–C–C–N with tert-alkyl or cyclic N) is 1. The van der Waals surface area contributed by atoms with Gasteiger partial charge in [0.2, 0.25) is 0 Å². The molecule has 0 aromatic carbocycles. The number of aliphatic hydroxyl groups is 1. The van der Waals surface area contributed by atoms with Gasteiger partial charge >= 0.3 is 12.2 Å². The van der Waals surface area contributed by atoms with E-state index in [1.54, 1.807) is 11.8 Å². The summed E-state index contributed by atoms with van der Waals surface area (Å²) in [7, 11) is 0. The highest BCUT2D eigenvalue weighted by atomic mass is 19.4. The van der Waals surface area contributed by atoms with Gasteiger partial charge in [-0.25, -0.2) is 13.8 Å². The normalized spacial score (nSPS) is 26.7. The quantitative estimate of drug-likeness (QED) is 0.415. The molecule has 3 aliphatic rings. The summed E-state index contributed by atoms with van der Waals surface area (Å²) >= 11 is 0. The van der Waals surface area contributed by atoms with E-state index in [2.05, 4.69) is 24.8 Å². The zero-order valence-electron chi connectivity index (χ0n) is 23.3. The van der Waals surface area contributed by atoms with Crippen molar-refractivity contribution in [2.75, 3.05) is 43.4 Å². The van der Waals surface area contributed by atoms with Crippen LogP contribution in [0.4, 0.5) is 33.6 Å². The van der Waals surface area contributed by atoms with E-state index in [0.717, 1.165) is 25.5 Å². The molecule has 0 saturated carbocycles. The number of halogens is 5. The van der Waals surface area contributed by atoms with E-state index < -0.39 is 46.3 Å². The van der Waals surface area contributed by atoms with Gasteiger partial charge in [0.15, 0.2) is 5.82 Å². The summed E-state index contributed by atoms with van der Waals surface area (Å²) in [5.74, 6) is -1.13. The van der Waals surface area contributed by atoms with E-state index in [0.29, 0.717) is 32.4 Å². The van der Waals surface area contributed by atoms with Crippen LogP contribution in [-0.2, 0) is 6.18 Å². The van der Waals surface area contributed by atoms with Gasteiger partial charge in [0.25, 0.3) is 0 Å². The van der Waals surface area contributed by atoms with Gasteiger partial charge in [-0.1, -0.05) is 0 Å². The van der Waals surface area contributed by atoms with Gasteiger partial charge in [0.05, 0.1) is 22.1 Å². The number of fused-ring (bicyclic) bond motifs is 2. The lowest BCUT2D eigenvalue weighted by Crippen LogP contribution is -2.46. The minimum Gasteiger partial charge on any atom is -0.461 e. The average molecular weight is 594 g/mol. The molecule has 3 saturated heterocycles. The molecule has 3 atom stereocenters. The van der Waals surface area contributed by atoms with Gasteiger partial charge < -0.3 is 20.5 Å². The van der Waals surface area contributed by atoms with Gasteiger partial charge in [0.1, 0.15) is 41.3 Å². The van der Waals surface area contributed by atoms with Crippen molar-refractivity contribution in [3.05, 3.63) is 29.2 Å². The molecule has 9 nitrogen and oxygen atoms in total. The molecule has 42 heavy (non-hydrogen) atoms. The molecular formula is C28H32F5N7O2. The van der Waals surface area contributed by atoms with Crippen LogP contribution in [0.25, 0.3) is 22.3 Å². The maximum absolute atomic E-state index is 16.3. The number of hydrogen-bond donors (Lipinski definition) is 2. The fourth-order valence-electron chi connectivity index (χ4n) is 6.77. The molecule has 3 aromatic heterocycles. The van der Waals surface area contributed by atoms with Crippen LogP contribution in [0.1, 0.15) is 50.2 Å². The lowest BCUT2D eigenvalue weighted by atomic mass is 9.95. The van der Waals surface area contributed by atoms with Crippen molar-refractivity contribution < 1.29 is 31.8 Å². The summed E-state index contributed by atoms with van der Waals surface area (Å²) in [5.41, 5.74) is 1.09. The Hall–Kier alpha value is -3.39. The number of rotatable bonds is 5. The van der Waals surface area contributed by atoms with Gasteiger partial charge in [-0.2, -0.15) is 23.1 Å². The van der Waals surface area contributed by atoms with Crippen molar-refractivity contribution in [3.63, 3.8) is 0 Å². The van der Waals surface area contributed by atoms with Crippen molar-refractivity contribution in [1.29, 1.82) is 0 Å². The Kier molecular flexibility index (Phi) is 6.91. The maximum atomic E-state index is 16.3. The van der Waals surface area contributed by atoms with Crippen LogP contribution < -0.4 is 15.4 Å². The van der Waals surface area contributed by atoms with Crippen LogP contribution in [0.5, 0.6) is 6.01 Å². The number of aromatic nitrogens is 4. The molecule has 0 radical (unpaired) electrons. The van der Waals surface area contributed by atoms with Crippen molar-refractivity contribution in [2.45, 2.75) is 69.4 Å². The van der Waals surface area contributed by atoms with E-state index in [1.165, 1.54) is 13.1 Å². The number of hydrogen-bond acceptors (Lipinski definition) is 9. The minimum absolute atomic E-state index is 0.0732. The van der Waals surface area contributed by atoms with Gasteiger partial charge in [0, 0.05) is 32.3 Å². The smallest absolute Gasteiger partial charge is 0.418 e. The zero-order valence-corrected chi connectivity index (χ0v) is 23.3. The summed E-state index contributed by atoms with van der Waals surface area (Å²) in [5, 5.41) is 10.9. The Balaban J connectivity index is 1.48. The summed E-state index contributed by atoms with van der Waals surface area (Å²) < 4.78 is 78.8. The molecule has 0 bridgehead atoms. The summed E-state index contributed by atoms with van der Waals surface area (Å²) in [6.07, 6.45) is -1.54. The maximum Gasteiger partial charge on any atom is 0.418 e. The molecule has 6 heterocycles. The molecule has 0 amide bonds. The highest BCUT2D eigenvalue weighted by molar-refractivity contribution is 5.92. The fourth-order valence-corrected chi connectivity index (χ4v) is 6.77. The minimum atomic E-state index is -4.85. The van der Waals surface area contributed by atoms with Crippen LogP contribution >= 0.6 is 0 Å². The van der Waals surface area contributed by atoms with Crippen molar-refractivity contribution >= 4 is 22.5 Å². The fraction of sp³-hybridized carbons (Fsp3) is 0.571. The third-order valence-electron chi connectivity index (χ3n) is 8.59. The van der Waals surface area contributed by atoms with Crippen LogP contribution in [0.15, 0.2) is 12.3 Å². The number of pyridine rings is 2. The number of nitrogen functional groups attached to an aromatic ring is 1. The Morgan fingerprint density at radius 3 is 2.64 bits per heavy atom. The number of piperidine rings is 1. The number of nitrogens with zero attached hydrogens (tertiary/aromatic N) is 6. The molecule has 3 fully saturated rings. The first-order valence-corrected chi connectivity index (χ1v) is 14.0. The number of ether oxygens (including phenoxy) is 1. The molecule has 3 aromatic rings. The van der Waals surface area contributed by atoms with E-state index in [9.17, 15) is 22.7 Å². The molecule has 14 heteroatoms. The first-order chi connectivity index (χ1) is 19.8. The van der Waals surface area contributed by atoms with Gasteiger partial charge in [-0.15, -0.1) is 0 Å². The topological polar surface area (TPSA) is 114 Å². The number of nitrogens with two attached hydrogens (primary N) is 1. The summed E-state index contributed by atoms with van der Waals surface area (Å²) in [6, 6.07) is 0.867. The van der Waals surface area contributed by atoms with E-state index in [-0.39, 0.29) is 47.3 Å². The van der Waals surface area contributed by atoms with Gasteiger partial charge in [-0.3, -0.25) is 9.88 Å². The van der Waals surface area contributed by atoms with E-state index in [1.807, 2.05) is 0 Å². The Labute approximate surface area is 238 Å². The second-order valence-corrected chi connectivity index (χ2v) is 12.0. The second-order valence-electron chi connectivity index (χ2n) is 12.0. The molecule has 3 aliphatic heterocycles. The van der Waals surface area contributed by atoms with E-state index in [4.69, 9.17) is 10.5 Å². The predicted octanol–water partition coefficient (Wildman–Crippen LogP) is 4.44. The number of alkyl halides is 4. The molecular weight excluding hydrogens is 561 g/mol. The van der Waals surface area contributed by atoms with Crippen LogP contribution in [0.2, 0.25) is 0 Å². The molecule has 0 spiro atoms. The predicted molar refractivity (Wildman–Crippen MR) is 145 cm³/mol. The van der Waals surface area contributed by atoms with Crippen molar-refractivity contribution in [3.8, 4) is 17.4 Å². The average Bonchev–Trinajstić information content (AvgIpc) is 3.41. The first-order valence-electron chi connectivity index (χ1n) is 14.0. The number of anilines is 2. The summed E-state index contributed by atoms with van der Waals surface area (Å²) in [4.78, 5) is 20.5. The standard InChI is InChI=1S/C28H32F5N7O2/c1-15-9-18(34)36-22(19(15)28(31,32)33)23-20(30)21-17(11-35-23)24(39-7-3-5-26(2,41)13-39)38-25(37-21)42-14-27-6-4-8-40(27)12-16(29)10-27/h9,11,16,41H,3-8,10,12-14H2,1-2H3,(H2,34,36)/t16-,26?,27+/m1/s1. The molecule has 6 rings (SSSR count). The second kappa shape index (κ2) is 10.1. The van der Waals surface area contributed by atoms with Crippen LogP contribution in [0, 0.1) is 12.7 Å². The zero-order chi connectivity index (χ0) is 30.0. The molecule has 3 N–H and O–H groups in total. The highest BCUT2D eigenvalue weighted by Gasteiger charge is 2.49.